The first-order valence-electron chi connectivity index (χ1n) is 13.5. The Balaban J connectivity index is 1.21. The van der Waals surface area contributed by atoms with E-state index in [1.165, 1.54) is 12.1 Å². The average Bonchev–Trinajstić information content (AvgIpc) is 3.36. The zero-order chi connectivity index (χ0) is 28.4. The van der Waals surface area contributed by atoms with Gasteiger partial charge in [0.25, 0.3) is 0 Å². The average molecular weight is 564 g/mol. The number of sulfonamides is 1. The van der Waals surface area contributed by atoms with Gasteiger partial charge in [-0.15, -0.1) is 0 Å². The zero-order valence-electron chi connectivity index (χ0n) is 22.6. The maximum absolute atomic E-state index is 13.2. The second kappa shape index (κ2) is 11.5. The van der Waals surface area contributed by atoms with Gasteiger partial charge in [-0.25, -0.2) is 17.5 Å². The number of fused-ring (bicyclic) bond motifs is 1. The molecule has 1 fully saturated rings. The zero-order valence-corrected chi connectivity index (χ0v) is 23.4. The summed E-state index contributed by atoms with van der Waals surface area (Å²) in [6, 6.07) is 18.4. The van der Waals surface area contributed by atoms with Crippen molar-refractivity contribution in [2.45, 2.75) is 63.1 Å². The lowest BCUT2D eigenvalue weighted by atomic mass is 9.85. The quantitative estimate of drug-likeness (QED) is 0.227. The molecule has 0 radical (unpaired) electrons. The highest BCUT2D eigenvalue weighted by Gasteiger charge is 2.30. The molecule has 0 saturated heterocycles. The van der Waals surface area contributed by atoms with Crippen molar-refractivity contribution < 1.29 is 22.7 Å². The Kier molecular flexibility index (Phi) is 8.07. The number of hydrogen-bond acceptors (Lipinski definition) is 4. The maximum atomic E-state index is 13.2. The van der Waals surface area contributed by atoms with Crippen molar-refractivity contribution in [2.75, 3.05) is 0 Å². The number of carbonyl (C=O) groups is 1. The maximum Gasteiger partial charge on any atom is 0.240 e. The van der Waals surface area contributed by atoms with Crippen molar-refractivity contribution >= 4 is 26.8 Å². The Bertz CT molecular complexity index is 1620. The minimum absolute atomic E-state index is 0.0202. The Morgan fingerprint density at radius 1 is 1.02 bits per heavy atom. The highest BCUT2D eigenvalue weighted by atomic mass is 32.2. The fourth-order valence-electron chi connectivity index (χ4n) is 5.47. The molecule has 4 aromatic rings. The number of amides is 1. The Morgan fingerprint density at radius 2 is 1.75 bits per heavy atom. The van der Waals surface area contributed by atoms with Crippen LogP contribution in [0.2, 0.25) is 0 Å². The topological polar surface area (TPSA) is 111 Å². The normalized spacial score (nSPS) is 18.5. The van der Waals surface area contributed by atoms with E-state index in [0.29, 0.717) is 25.7 Å². The van der Waals surface area contributed by atoms with Gasteiger partial charge in [-0.1, -0.05) is 36.4 Å². The third-order valence-electron chi connectivity index (χ3n) is 7.82. The molecule has 0 unspecified atom stereocenters. The van der Waals surface area contributed by atoms with Gasteiger partial charge in [-0.05, 0) is 86.6 Å². The molecule has 40 heavy (non-hydrogen) atoms. The summed E-state index contributed by atoms with van der Waals surface area (Å²) in [6.07, 6.45) is 2.31. The number of nitrogens with one attached hydrogen (secondary N) is 3. The van der Waals surface area contributed by atoms with E-state index in [9.17, 15) is 22.7 Å². The highest BCUT2D eigenvalue weighted by molar-refractivity contribution is 7.89. The molecule has 0 bridgehead atoms. The second-order valence-electron chi connectivity index (χ2n) is 10.7. The van der Waals surface area contributed by atoms with E-state index in [1.807, 2.05) is 38.1 Å². The Morgan fingerprint density at radius 3 is 2.42 bits per heavy atom. The molecule has 1 aromatic heterocycles. The van der Waals surface area contributed by atoms with E-state index in [-0.39, 0.29) is 41.2 Å². The van der Waals surface area contributed by atoms with Crippen molar-refractivity contribution in [3.8, 4) is 11.3 Å². The van der Waals surface area contributed by atoms with Gasteiger partial charge in [-0.3, -0.25) is 4.79 Å². The van der Waals surface area contributed by atoms with Crippen LogP contribution < -0.4 is 10.0 Å². The summed E-state index contributed by atoms with van der Waals surface area (Å²) in [4.78, 5) is 16.3. The number of H-pyrrole nitrogens is 1. The molecule has 4 N–H and O–H groups in total. The molecule has 7 nitrogen and oxygen atoms in total. The van der Waals surface area contributed by atoms with Gasteiger partial charge in [0.05, 0.1) is 17.5 Å². The van der Waals surface area contributed by atoms with Crippen LogP contribution >= 0.6 is 0 Å². The van der Waals surface area contributed by atoms with Crippen LogP contribution in [0.1, 0.15) is 55.3 Å². The molecule has 1 heterocycles. The Hall–Kier alpha value is -3.53. The van der Waals surface area contributed by atoms with Crippen LogP contribution in [0.5, 0.6) is 0 Å². The molecular weight excluding hydrogens is 529 g/mol. The smallest absolute Gasteiger partial charge is 0.240 e. The van der Waals surface area contributed by atoms with E-state index in [2.05, 4.69) is 15.0 Å². The third-order valence-corrected chi connectivity index (χ3v) is 9.33. The summed E-state index contributed by atoms with van der Waals surface area (Å²) in [5, 5.41) is 13.3. The van der Waals surface area contributed by atoms with Crippen molar-refractivity contribution in [3.63, 3.8) is 0 Å². The van der Waals surface area contributed by atoms with Gasteiger partial charge in [0.15, 0.2) is 0 Å². The highest BCUT2D eigenvalue weighted by Crippen LogP contribution is 2.30. The van der Waals surface area contributed by atoms with Gasteiger partial charge in [-0.2, -0.15) is 0 Å². The van der Waals surface area contributed by atoms with Crippen LogP contribution in [-0.4, -0.2) is 30.5 Å². The van der Waals surface area contributed by atoms with Crippen LogP contribution in [0.15, 0.2) is 71.6 Å². The number of rotatable bonds is 8. The number of aromatic nitrogens is 1. The lowest BCUT2D eigenvalue weighted by Gasteiger charge is -2.29. The molecule has 9 heteroatoms. The summed E-state index contributed by atoms with van der Waals surface area (Å²) in [7, 11) is -3.75. The SMILES string of the molecule is Cc1cc(CO)ccc1-c1cc2ccc(S(=O)(=O)N[C@H]3CC[C@H](C(=O)N[C@H](C)c4ccc(F)cc4)CC3)cc2[nH]1. The van der Waals surface area contributed by atoms with E-state index in [4.69, 9.17) is 0 Å². The molecule has 5 rings (SSSR count). The largest absolute Gasteiger partial charge is 0.392 e. The summed E-state index contributed by atoms with van der Waals surface area (Å²) in [6.45, 7) is 3.82. The third kappa shape index (κ3) is 6.11. The molecule has 0 spiro atoms. The molecular formula is C31H34FN3O4S. The van der Waals surface area contributed by atoms with Crippen molar-refractivity contribution in [1.82, 2.24) is 15.0 Å². The number of aliphatic hydroxyl groups excluding tert-OH is 1. The van der Waals surface area contributed by atoms with Crippen LogP contribution in [-0.2, 0) is 21.4 Å². The Labute approximate surface area is 233 Å². The van der Waals surface area contributed by atoms with Gasteiger partial charge < -0.3 is 15.4 Å². The van der Waals surface area contributed by atoms with Crippen LogP contribution in [0.4, 0.5) is 4.39 Å². The number of aromatic amines is 1. The summed E-state index contributed by atoms with van der Waals surface area (Å²) in [5.74, 6) is -0.569. The van der Waals surface area contributed by atoms with Crippen LogP contribution in [0.3, 0.4) is 0 Å². The molecule has 1 aliphatic carbocycles. The fraction of sp³-hybridized carbons (Fsp3) is 0.323. The molecule has 210 valence electrons. The van der Waals surface area contributed by atoms with E-state index < -0.39 is 10.0 Å². The van der Waals surface area contributed by atoms with Gasteiger partial charge in [0.2, 0.25) is 15.9 Å². The lowest BCUT2D eigenvalue weighted by molar-refractivity contribution is -0.126. The number of carbonyl (C=O) groups excluding carboxylic acids is 1. The van der Waals surface area contributed by atoms with Crippen LogP contribution in [0, 0.1) is 18.7 Å². The summed E-state index contributed by atoms with van der Waals surface area (Å²) in [5.41, 5.74) is 5.28. The minimum Gasteiger partial charge on any atom is -0.392 e. The second-order valence-corrected chi connectivity index (χ2v) is 12.4. The van der Waals surface area contributed by atoms with Gasteiger partial charge in [0.1, 0.15) is 5.82 Å². The molecule has 1 aliphatic rings. The molecule has 1 saturated carbocycles. The van der Waals surface area contributed by atoms with Gasteiger partial charge in [0, 0.05) is 34.1 Å². The first-order chi connectivity index (χ1) is 19.1. The number of hydrogen-bond donors (Lipinski definition) is 4. The molecule has 1 amide bonds. The summed E-state index contributed by atoms with van der Waals surface area (Å²) >= 11 is 0. The van der Waals surface area contributed by atoms with E-state index >= 15 is 0 Å². The number of halogens is 1. The lowest BCUT2D eigenvalue weighted by Crippen LogP contribution is -2.41. The number of aliphatic hydroxyl groups is 1. The van der Waals surface area contributed by atoms with E-state index in [1.54, 1.807) is 30.3 Å². The fourth-order valence-corrected chi connectivity index (χ4v) is 6.80. The first kappa shape index (κ1) is 28.0. The standard InChI is InChI=1S/C31H34FN3O4S/c1-19-15-21(18-36)3-14-28(19)30-16-24-8-13-27(17-29(24)34-30)40(38,39)35-26-11-6-23(7-12-26)31(37)33-20(2)22-4-9-25(32)10-5-22/h3-5,8-10,13-17,20,23,26,34-36H,6-7,11-12,18H2,1-2H3,(H,33,37)/t20-,23-,26-/m1/s1. The van der Waals surface area contributed by atoms with Crippen molar-refractivity contribution in [1.29, 1.82) is 0 Å². The predicted octanol–water partition coefficient (Wildman–Crippen LogP) is 5.49. The monoisotopic (exact) mass is 563 g/mol. The van der Waals surface area contributed by atoms with Crippen molar-refractivity contribution in [3.05, 3.63) is 89.2 Å². The first-order valence-corrected chi connectivity index (χ1v) is 15.0. The predicted molar refractivity (Wildman–Crippen MR) is 153 cm³/mol. The molecule has 3 aromatic carbocycles. The summed E-state index contributed by atoms with van der Waals surface area (Å²) < 4.78 is 42.5. The minimum atomic E-state index is -3.75. The molecule has 1 atom stereocenters. The van der Waals surface area contributed by atoms with Crippen molar-refractivity contribution in [2.24, 2.45) is 5.92 Å². The van der Waals surface area contributed by atoms with Crippen LogP contribution in [0.25, 0.3) is 22.2 Å². The van der Waals surface area contributed by atoms with E-state index in [0.717, 1.165) is 38.9 Å². The number of aryl methyl sites for hydroxylation is 1. The van der Waals surface area contributed by atoms with Gasteiger partial charge >= 0.3 is 0 Å². The molecule has 0 aliphatic heterocycles. The number of benzene rings is 3.